The number of hydrogen-bond donors (Lipinski definition) is 0. The van der Waals surface area contributed by atoms with Gasteiger partial charge in [0.05, 0.1) is 11.9 Å². The molecule has 2 aliphatic carbocycles. The highest BCUT2D eigenvalue weighted by Gasteiger charge is 2.52. The highest BCUT2D eigenvalue weighted by atomic mass is 28.4. The molecule has 0 saturated heterocycles. The Morgan fingerprint density at radius 2 is 1.86 bits per heavy atom. The predicted molar refractivity (Wildman–Crippen MR) is 93.1 cm³/mol. The van der Waals surface area contributed by atoms with E-state index in [2.05, 4.69) is 52.6 Å². The Morgan fingerprint density at radius 3 is 2.45 bits per heavy atom. The zero-order chi connectivity index (χ0) is 16.6. The first kappa shape index (κ1) is 17.8. The smallest absolute Gasteiger partial charge is 0.241 e. The third-order valence-electron chi connectivity index (χ3n) is 4.74. The lowest BCUT2D eigenvalue weighted by Crippen LogP contribution is -2.51. The van der Waals surface area contributed by atoms with Crippen molar-refractivity contribution in [2.24, 2.45) is 10.8 Å². The fraction of sp³-hybridized carbons (Fsp3) is 0.778. The molecule has 0 fully saturated rings. The van der Waals surface area contributed by atoms with Crippen molar-refractivity contribution in [1.82, 2.24) is 0 Å². The van der Waals surface area contributed by atoms with Gasteiger partial charge in [-0.15, -0.1) is 0 Å². The van der Waals surface area contributed by atoms with Crippen molar-refractivity contribution in [2.45, 2.75) is 65.8 Å². The molecule has 22 heavy (non-hydrogen) atoms. The zero-order valence-electron chi connectivity index (χ0n) is 15.3. The molecule has 0 aromatic carbocycles. The molecule has 0 aromatic rings. The van der Waals surface area contributed by atoms with Gasteiger partial charge in [-0.1, -0.05) is 32.9 Å². The molecule has 3 nitrogen and oxygen atoms in total. The number of fused-ring (bicyclic) bond motifs is 1. The Bertz CT molecular complexity index is 473. The molecule has 0 radical (unpaired) electrons. The van der Waals surface area contributed by atoms with Crippen LogP contribution in [0.5, 0.6) is 0 Å². The highest BCUT2D eigenvalue weighted by Crippen LogP contribution is 2.55. The van der Waals surface area contributed by atoms with Gasteiger partial charge in [0.25, 0.3) is 0 Å². The van der Waals surface area contributed by atoms with Crippen molar-refractivity contribution < 1.29 is 13.9 Å². The van der Waals surface area contributed by atoms with Crippen molar-refractivity contribution >= 4 is 8.32 Å². The van der Waals surface area contributed by atoms with Crippen LogP contribution in [-0.4, -0.2) is 28.3 Å². The van der Waals surface area contributed by atoms with Gasteiger partial charge < -0.3 is 13.9 Å². The summed E-state index contributed by atoms with van der Waals surface area (Å²) in [6.45, 7) is 14.1. The van der Waals surface area contributed by atoms with Crippen LogP contribution in [0.25, 0.3) is 0 Å². The maximum atomic E-state index is 6.50. The second-order valence-electron chi connectivity index (χ2n) is 8.53. The third kappa shape index (κ3) is 3.49. The molecule has 2 rings (SSSR count). The Kier molecular flexibility index (Phi) is 4.96. The lowest BCUT2D eigenvalue weighted by Gasteiger charge is -2.53. The molecule has 0 amide bonds. The second-order valence-corrected chi connectivity index (χ2v) is 13.0. The van der Waals surface area contributed by atoms with Crippen LogP contribution in [-0.2, 0) is 13.9 Å². The molecule has 2 aliphatic rings. The van der Waals surface area contributed by atoms with Crippen molar-refractivity contribution in [3.05, 3.63) is 23.5 Å². The van der Waals surface area contributed by atoms with E-state index in [4.69, 9.17) is 13.9 Å². The van der Waals surface area contributed by atoms with Gasteiger partial charge in [-0.25, -0.2) is 0 Å². The van der Waals surface area contributed by atoms with Crippen molar-refractivity contribution in [1.29, 1.82) is 0 Å². The highest BCUT2D eigenvalue weighted by molar-refractivity contribution is 6.70. The summed E-state index contributed by atoms with van der Waals surface area (Å²) in [5.74, 6) is 1.23. The Labute approximate surface area is 136 Å². The van der Waals surface area contributed by atoms with Crippen LogP contribution in [0.1, 0.15) is 40.0 Å². The van der Waals surface area contributed by atoms with Crippen molar-refractivity contribution in [3.63, 3.8) is 0 Å². The minimum Gasteiger partial charge on any atom is -0.547 e. The summed E-state index contributed by atoms with van der Waals surface area (Å²) in [5, 5.41) is 0. The maximum Gasteiger partial charge on any atom is 0.241 e. The van der Waals surface area contributed by atoms with E-state index in [0.717, 1.165) is 19.3 Å². The van der Waals surface area contributed by atoms with Gasteiger partial charge in [-0.05, 0) is 43.5 Å². The number of hydrogen-bond acceptors (Lipinski definition) is 3. The summed E-state index contributed by atoms with van der Waals surface area (Å²) < 4.78 is 17.9. The van der Waals surface area contributed by atoms with Crippen LogP contribution >= 0.6 is 0 Å². The lowest BCUT2D eigenvalue weighted by molar-refractivity contribution is -0.158. The third-order valence-corrected chi connectivity index (χ3v) is 5.60. The first-order valence-corrected chi connectivity index (χ1v) is 11.7. The summed E-state index contributed by atoms with van der Waals surface area (Å²) in [5.41, 5.74) is 1.49. The number of methoxy groups -OCH3 is 1. The van der Waals surface area contributed by atoms with E-state index in [9.17, 15) is 0 Å². The molecule has 0 N–H and O–H groups in total. The molecule has 0 heterocycles. The van der Waals surface area contributed by atoms with Gasteiger partial charge in [0.1, 0.15) is 6.79 Å². The normalized spacial score (nSPS) is 31.1. The van der Waals surface area contributed by atoms with Gasteiger partial charge in [-0.3, -0.25) is 0 Å². The molecule has 0 unspecified atom stereocenters. The van der Waals surface area contributed by atoms with Crippen LogP contribution in [0.15, 0.2) is 23.5 Å². The fourth-order valence-corrected chi connectivity index (χ4v) is 5.01. The van der Waals surface area contributed by atoms with Crippen LogP contribution in [0.3, 0.4) is 0 Å². The first-order valence-electron chi connectivity index (χ1n) is 8.27. The van der Waals surface area contributed by atoms with Gasteiger partial charge >= 0.3 is 0 Å². The zero-order valence-corrected chi connectivity index (χ0v) is 16.3. The minimum absolute atomic E-state index is 0.00398. The van der Waals surface area contributed by atoms with E-state index < -0.39 is 8.32 Å². The van der Waals surface area contributed by atoms with Crippen LogP contribution in [0.4, 0.5) is 0 Å². The largest absolute Gasteiger partial charge is 0.547 e. The monoisotopic (exact) mass is 324 g/mol. The summed E-state index contributed by atoms with van der Waals surface area (Å²) in [6, 6.07) is 0. The molecule has 0 bridgehead atoms. The van der Waals surface area contributed by atoms with Gasteiger partial charge in [-0.2, -0.15) is 0 Å². The van der Waals surface area contributed by atoms with Gasteiger partial charge in [0.2, 0.25) is 8.32 Å². The maximum absolute atomic E-state index is 6.50. The molecule has 0 saturated carbocycles. The fourth-order valence-electron chi connectivity index (χ4n) is 4.07. The molecule has 126 valence electrons. The standard InChI is InChI=1S/C18H32O3Si/c1-17(2)12-15(21-22(5,6)7)14-10-8-9-11-18(14,3)16(17)20-13-19-4/h8-9,16H,10-13H2,1-7H3/t16-,18+/m0/s1. The average Bonchev–Trinajstić information content (AvgIpc) is 2.35. The molecular formula is C18H32O3Si. The summed E-state index contributed by atoms with van der Waals surface area (Å²) in [6.07, 6.45) is 7.66. The van der Waals surface area contributed by atoms with E-state index in [1.807, 2.05) is 0 Å². The lowest BCUT2D eigenvalue weighted by atomic mass is 9.58. The predicted octanol–water partition coefficient (Wildman–Crippen LogP) is 4.87. The number of rotatable bonds is 5. The summed E-state index contributed by atoms with van der Waals surface area (Å²) in [4.78, 5) is 0. The number of ether oxygens (including phenoxy) is 2. The second kappa shape index (κ2) is 6.14. The van der Waals surface area contributed by atoms with E-state index in [1.165, 1.54) is 11.3 Å². The number of allylic oxidation sites excluding steroid dienone is 3. The van der Waals surface area contributed by atoms with E-state index >= 15 is 0 Å². The average molecular weight is 325 g/mol. The Balaban J connectivity index is 2.45. The van der Waals surface area contributed by atoms with Gasteiger partial charge in [0, 0.05) is 18.9 Å². The van der Waals surface area contributed by atoms with Crippen LogP contribution in [0, 0.1) is 10.8 Å². The van der Waals surface area contributed by atoms with E-state index in [1.54, 1.807) is 7.11 Å². The summed E-state index contributed by atoms with van der Waals surface area (Å²) >= 11 is 0. The minimum atomic E-state index is -1.61. The SMILES string of the molecule is COCO[C@H]1C(C)(C)CC(O[Si](C)(C)C)=C2CC=CC[C@]21C. The van der Waals surface area contributed by atoms with Crippen LogP contribution in [0.2, 0.25) is 19.6 Å². The molecule has 2 atom stereocenters. The first-order chi connectivity index (χ1) is 10.1. The van der Waals surface area contributed by atoms with Crippen molar-refractivity contribution in [2.75, 3.05) is 13.9 Å². The molecule has 0 spiro atoms. The Hall–Kier alpha value is -0.583. The molecular weight excluding hydrogens is 292 g/mol. The topological polar surface area (TPSA) is 27.7 Å². The van der Waals surface area contributed by atoms with Crippen LogP contribution < -0.4 is 0 Å². The van der Waals surface area contributed by atoms with E-state index in [-0.39, 0.29) is 16.9 Å². The Morgan fingerprint density at radius 1 is 1.18 bits per heavy atom. The summed E-state index contributed by atoms with van der Waals surface area (Å²) in [7, 11) is 0.0786. The quantitative estimate of drug-likeness (QED) is 0.410. The molecule has 0 aliphatic heterocycles. The molecule has 4 heteroatoms. The van der Waals surface area contributed by atoms with Gasteiger partial charge in [0.15, 0.2) is 0 Å². The van der Waals surface area contributed by atoms with Crippen molar-refractivity contribution in [3.8, 4) is 0 Å². The van der Waals surface area contributed by atoms with E-state index in [0.29, 0.717) is 6.79 Å². The molecule has 0 aromatic heterocycles.